The molecule has 1 N–H and O–H groups in total. The van der Waals surface area contributed by atoms with Crippen molar-refractivity contribution >= 4 is 29.0 Å². The number of benzene rings is 1. The molecule has 0 spiro atoms. The molecule has 0 aliphatic carbocycles. The standard InChI is InChI=1S/C11H6N2O2S/c12-6-8-3-1-7(2-4-8)5-9-10(14)13-11(15)16-9/h1-5H,(H,13,14,15)/b9-5+. The van der Waals surface area contributed by atoms with Crippen LogP contribution in [0, 0.1) is 11.3 Å². The monoisotopic (exact) mass is 230 g/mol. The van der Waals surface area contributed by atoms with Crippen molar-refractivity contribution < 1.29 is 9.59 Å². The van der Waals surface area contributed by atoms with Crippen LogP contribution in [-0.4, -0.2) is 11.1 Å². The van der Waals surface area contributed by atoms with Crippen LogP contribution in [0.15, 0.2) is 29.2 Å². The van der Waals surface area contributed by atoms with Gasteiger partial charge in [-0.25, -0.2) is 0 Å². The van der Waals surface area contributed by atoms with Crippen LogP contribution < -0.4 is 5.32 Å². The highest BCUT2D eigenvalue weighted by molar-refractivity contribution is 8.18. The summed E-state index contributed by atoms with van der Waals surface area (Å²) in [7, 11) is 0. The zero-order chi connectivity index (χ0) is 11.5. The first-order chi connectivity index (χ1) is 7.69. The molecule has 1 aromatic rings. The van der Waals surface area contributed by atoms with Crippen molar-refractivity contribution in [3.63, 3.8) is 0 Å². The smallest absolute Gasteiger partial charge is 0.282 e. The second kappa shape index (κ2) is 4.21. The van der Waals surface area contributed by atoms with Crippen molar-refractivity contribution in [1.29, 1.82) is 5.26 Å². The molecule has 0 radical (unpaired) electrons. The number of imide groups is 1. The largest absolute Gasteiger partial charge is 0.290 e. The number of nitrogens with one attached hydrogen (secondary N) is 1. The van der Waals surface area contributed by atoms with Gasteiger partial charge in [0.05, 0.1) is 16.5 Å². The molecular formula is C11H6N2O2S. The first kappa shape index (κ1) is 10.5. The van der Waals surface area contributed by atoms with Gasteiger partial charge in [-0.3, -0.25) is 14.9 Å². The number of nitrogens with zero attached hydrogens (tertiary/aromatic N) is 1. The second-order valence-corrected chi connectivity index (χ2v) is 4.10. The van der Waals surface area contributed by atoms with Crippen LogP contribution in [0.3, 0.4) is 0 Å². The predicted molar refractivity (Wildman–Crippen MR) is 60.3 cm³/mol. The van der Waals surface area contributed by atoms with E-state index in [9.17, 15) is 9.59 Å². The molecule has 2 amide bonds. The van der Waals surface area contributed by atoms with Crippen molar-refractivity contribution in [2.75, 3.05) is 0 Å². The van der Waals surface area contributed by atoms with E-state index in [4.69, 9.17) is 5.26 Å². The summed E-state index contributed by atoms with van der Waals surface area (Å²) >= 11 is 0.875. The van der Waals surface area contributed by atoms with E-state index in [1.165, 1.54) is 0 Å². The fraction of sp³-hybridized carbons (Fsp3) is 0. The van der Waals surface area contributed by atoms with Crippen molar-refractivity contribution in [2.24, 2.45) is 0 Å². The van der Waals surface area contributed by atoms with Crippen LogP contribution in [0.2, 0.25) is 0 Å². The summed E-state index contributed by atoms with van der Waals surface area (Å²) < 4.78 is 0. The molecule has 1 aliphatic rings. The van der Waals surface area contributed by atoms with Crippen LogP contribution in [0.4, 0.5) is 4.79 Å². The van der Waals surface area contributed by atoms with Crippen LogP contribution in [0.5, 0.6) is 0 Å². The third-order valence-electron chi connectivity index (χ3n) is 1.98. The molecule has 0 aromatic heterocycles. The number of carbonyl (C=O) groups is 2. The van der Waals surface area contributed by atoms with Gasteiger partial charge in [-0.2, -0.15) is 5.26 Å². The normalized spacial score (nSPS) is 17.3. The van der Waals surface area contributed by atoms with Crippen molar-refractivity contribution in [3.05, 3.63) is 40.3 Å². The summed E-state index contributed by atoms with van der Waals surface area (Å²) in [4.78, 5) is 22.5. The molecule has 0 unspecified atom stereocenters. The fourth-order valence-corrected chi connectivity index (χ4v) is 1.91. The van der Waals surface area contributed by atoms with E-state index in [-0.39, 0.29) is 11.1 Å². The van der Waals surface area contributed by atoms with Gasteiger partial charge in [0.15, 0.2) is 0 Å². The molecule has 1 saturated heterocycles. The Kier molecular flexibility index (Phi) is 2.75. The van der Waals surface area contributed by atoms with E-state index in [1.54, 1.807) is 30.3 Å². The molecular weight excluding hydrogens is 224 g/mol. The van der Waals surface area contributed by atoms with E-state index in [0.29, 0.717) is 10.5 Å². The van der Waals surface area contributed by atoms with Gasteiger partial charge >= 0.3 is 0 Å². The number of thioether (sulfide) groups is 1. The third-order valence-corrected chi connectivity index (χ3v) is 2.79. The predicted octanol–water partition coefficient (Wildman–Crippen LogP) is 1.88. The Morgan fingerprint density at radius 1 is 1.25 bits per heavy atom. The highest BCUT2D eigenvalue weighted by atomic mass is 32.2. The molecule has 1 aliphatic heterocycles. The lowest BCUT2D eigenvalue weighted by molar-refractivity contribution is -0.115. The molecule has 0 atom stereocenters. The average molecular weight is 230 g/mol. The van der Waals surface area contributed by atoms with Gasteiger partial charge in [0, 0.05) is 0 Å². The number of rotatable bonds is 1. The lowest BCUT2D eigenvalue weighted by atomic mass is 10.1. The number of carbonyl (C=O) groups excluding carboxylic acids is 2. The third kappa shape index (κ3) is 2.12. The minimum Gasteiger partial charge on any atom is -0.282 e. The molecule has 1 aromatic carbocycles. The van der Waals surface area contributed by atoms with E-state index >= 15 is 0 Å². The molecule has 78 valence electrons. The number of nitriles is 1. The Balaban J connectivity index is 2.26. The zero-order valence-electron chi connectivity index (χ0n) is 8.06. The Bertz CT molecular complexity index is 526. The highest BCUT2D eigenvalue weighted by Crippen LogP contribution is 2.25. The molecule has 5 heteroatoms. The first-order valence-corrected chi connectivity index (χ1v) is 5.26. The number of hydrogen-bond acceptors (Lipinski definition) is 4. The molecule has 4 nitrogen and oxygen atoms in total. The van der Waals surface area contributed by atoms with Crippen LogP contribution in [0.25, 0.3) is 6.08 Å². The lowest BCUT2D eigenvalue weighted by Gasteiger charge is -1.94. The molecule has 1 fully saturated rings. The highest BCUT2D eigenvalue weighted by Gasteiger charge is 2.24. The van der Waals surface area contributed by atoms with Crippen LogP contribution in [0.1, 0.15) is 11.1 Å². The summed E-state index contributed by atoms with van der Waals surface area (Å²) in [6.07, 6.45) is 1.62. The summed E-state index contributed by atoms with van der Waals surface area (Å²) in [6, 6.07) is 8.77. The Labute approximate surface area is 95.9 Å². The number of amides is 2. The Morgan fingerprint density at radius 2 is 1.94 bits per heavy atom. The molecule has 0 saturated carbocycles. The summed E-state index contributed by atoms with van der Waals surface area (Å²) in [6.45, 7) is 0. The lowest BCUT2D eigenvalue weighted by Crippen LogP contribution is -2.17. The van der Waals surface area contributed by atoms with Gasteiger partial charge in [-0.05, 0) is 35.5 Å². The van der Waals surface area contributed by atoms with Crippen molar-refractivity contribution in [1.82, 2.24) is 5.32 Å². The van der Waals surface area contributed by atoms with Gasteiger partial charge < -0.3 is 0 Å². The van der Waals surface area contributed by atoms with Gasteiger partial charge in [-0.1, -0.05) is 12.1 Å². The van der Waals surface area contributed by atoms with E-state index in [1.807, 2.05) is 6.07 Å². The van der Waals surface area contributed by atoms with Gasteiger partial charge in [0.2, 0.25) is 0 Å². The zero-order valence-corrected chi connectivity index (χ0v) is 8.88. The van der Waals surface area contributed by atoms with Gasteiger partial charge in [0.1, 0.15) is 0 Å². The second-order valence-electron chi connectivity index (χ2n) is 3.09. The molecule has 2 rings (SSSR count). The quantitative estimate of drug-likeness (QED) is 0.748. The summed E-state index contributed by atoms with van der Waals surface area (Å²) in [5.41, 5.74) is 1.34. The topological polar surface area (TPSA) is 70.0 Å². The maximum atomic E-state index is 11.2. The Morgan fingerprint density at radius 3 is 2.44 bits per heavy atom. The van der Waals surface area contributed by atoms with Crippen LogP contribution in [-0.2, 0) is 4.79 Å². The van der Waals surface area contributed by atoms with E-state index in [2.05, 4.69) is 5.32 Å². The van der Waals surface area contributed by atoms with E-state index < -0.39 is 0 Å². The number of hydrogen-bond donors (Lipinski definition) is 1. The SMILES string of the molecule is N#Cc1ccc(/C=C2/SC(=O)NC2=O)cc1. The minimum absolute atomic E-state index is 0.357. The first-order valence-electron chi connectivity index (χ1n) is 4.44. The van der Waals surface area contributed by atoms with Crippen molar-refractivity contribution in [2.45, 2.75) is 0 Å². The molecule has 1 heterocycles. The maximum Gasteiger partial charge on any atom is 0.290 e. The average Bonchev–Trinajstić information content (AvgIpc) is 2.59. The van der Waals surface area contributed by atoms with Crippen molar-refractivity contribution in [3.8, 4) is 6.07 Å². The van der Waals surface area contributed by atoms with Crippen LogP contribution >= 0.6 is 11.8 Å². The van der Waals surface area contributed by atoms with Gasteiger partial charge in [0.25, 0.3) is 11.1 Å². The maximum absolute atomic E-state index is 11.2. The fourth-order valence-electron chi connectivity index (χ4n) is 1.23. The van der Waals surface area contributed by atoms with E-state index in [0.717, 1.165) is 17.3 Å². The minimum atomic E-state index is -0.376. The van der Waals surface area contributed by atoms with Gasteiger partial charge in [-0.15, -0.1) is 0 Å². The summed E-state index contributed by atoms with van der Waals surface area (Å²) in [5.74, 6) is -0.376. The summed E-state index contributed by atoms with van der Waals surface area (Å²) in [5, 5.41) is 10.4. The molecule has 16 heavy (non-hydrogen) atoms. The Hall–Kier alpha value is -2.06. The molecule has 0 bridgehead atoms.